The molecule has 1 aliphatic heterocycles. The SMILES string of the molecule is O[C@H]1CON(C/C(Cl)=C/Cl)C1. The van der Waals surface area contributed by atoms with Gasteiger partial charge in [-0.05, 0) is 0 Å². The lowest BCUT2D eigenvalue weighted by Crippen LogP contribution is -2.22. The Kier molecular flexibility index (Phi) is 3.62. The van der Waals surface area contributed by atoms with Crippen LogP contribution in [0.2, 0.25) is 0 Å². The molecule has 0 aromatic heterocycles. The molecule has 1 rings (SSSR count). The second-order valence-corrected chi connectivity index (χ2v) is 3.03. The van der Waals surface area contributed by atoms with Crippen LogP contribution in [-0.2, 0) is 4.84 Å². The topological polar surface area (TPSA) is 32.7 Å². The summed E-state index contributed by atoms with van der Waals surface area (Å²) in [5.41, 5.74) is 1.29. The summed E-state index contributed by atoms with van der Waals surface area (Å²) in [4.78, 5) is 5.04. The summed E-state index contributed by atoms with van der Waals surface area (Å²) in [6, 6.07) is 0. The van der Waals surface area contributed by atoms with Crippen LogP contribution >= 0.6 is 23.2 Å². The van der Waals surface area contributed by atoms with Gasteiger partial charge in [-0.1, -0.05) is 23.2 Å². The van der Waals surface area contributed by atoms with Gasteiger partial charge in [-0.2, -0.15) is 5.06 Å². The molecule has 1 atom stereocenters. The molecule has 0 unspecified atom stereocenters. The lowest BCUT2D eigenvalue weighted by Gasteiger charge is -2.11. The molecule has 3 nitrogen and oxygen atoms in total. The molecule has 0 radical (unpaired) electrons. The van der Waals surface area contributed by atoms with Crippen LogP contribution in [0, 0.1) is 0 Å². The predicted octanol–water partition coefficient (Wildman–Crippen LogP) is 0.914. The van der Waals surface area contributed by atoms with Gasteiger partial charge in [0.1, 0.15) is 0 Å². The molecule has 1 N–H and O–H groups in total. The smallest absolute Gasteiger partial charge is 0.0958 e. The molecule has 0 bridgehead atoms. The molecule has 1 saturated heterocycles. The molecule has 64 valence electrons. The molecular formula is C6H9Cl2NO2. The first-order valence-electron chi connectivity index (χ1n) is 3.23. The Morgan fingerprint density at radius 3 is 3.00 bits per heavy atom. The number of nitrogens with zero attached hydrogens (tertiary/aromatic N) is 1. The van der Waals surface area contributed by atoms with E-state index in [1.54, 1.807) is 5.06 Å². The Hall–Kier alpha value is 0.200. The number of hydroxylamine groups is 2. The average Bonchev–Trinajstić information content (AvgIpc) is 2.35. The zero-order chi connectivity index (χ0) is 8.27. The number of aliphatic hydroxyl groups is 1. The largest absolute Gasteiger partial charge is 0.389 e. The molecule has 0 aromatic rings. The quantitative estimate of drug-likeness (QED) is 0.715. The Bertz CT molecular complexity index is 163. The van der Waals surface area contributed by atoms with Crippen molar-refractivity contribution in [2.75, 3.05) is 19.7 Å². The monoisotopic (exact) mass is 197 g/mol. The van der Waals surface area contributed by atoms with Gasteiger partial charge in [0.2, 0.25) is 0 Å². The fraction of sp³-hybridized carbons (Fsp3) is 0.667. The van der Waals surface area contributed by atoms with Gasteiger partial charge in [0.05, 0.1) is 25.8 Å². The van der Waals surface area contributed by atoms with Crippen molar-refractivity contribution in [3.8, 4) is 0 Å². The molecule has 0 saturated carbocycles. The summed E-state index contributed by atoms with van der Waals surface area (Å²) < 4.78 is 0. The number of hydrogen-bond acceptors (Lipinski definition) is 3. The van der Waals surface area contributed by atoms with Crippen molar-refractivity contribution in [2.24, 2.45) is 0 Å². The van der Waals surface area contributed by atoms with Crippen LogP contribution in [0.3, 0.4) is 0 Å². The summed E-state index contributed by atoms with van der Waals surface area (Å²) in [6.45, 7) is 1.26. The lowest BCUT2D eigenvalue weighted by molar-refractivity contribution is -0.102. The van der Waals surface area contributed by atoms with Crippen molar-refractivity contribution in [3.05, 3.63) is 10.6 Å². The van der Waals surface area contributed by atoms with Crippen molar-refractivity contribution in [3.63, 3.8) is 0 Å². The van der Waals surface area contributed by atoms with Crippen molar-refractivity contribution in [2.45, 2.75) is 6.10 Å². The van der Waals surface area contributed by atoms with Gasteiger partial charge in [0.15, 0.2) is 0 Å². The maximum atomic E-state index is 9.02. The molecule has 11 heavy (non-hydrogen) atoms. The minimum Gasteiger partial charge on any atom is -0.389 e. The van der Waals surface area contributed by atoms with E-state index in [2.05, 4.69) is 0 Å². The minimum absolute atomic E-state index is 0.340. The Labute approximate surface area is 75.1 Å². The zero-order valence-corrected chi connectivity index (χ0v) is 7.35. The van der Waals surface area contributed by atoms with Gasteiger partial charge in [-0.3, -0.25) is 4.84 Å². The van der Waals surface area contributed by atoms with Gasteiger partial charge in [0.25, 0.3) is 0 Å². The van der Waals surface area contributed by atoms with E-state index in [1.807, 2.05) is 0 Å². The minimum atomic E-state index is -0.408. The Morgan fingerprint density at radius 2 is 2.55 bits per heavy atom. The molecule has 5 heteroatoms. The summed E-state index contributed by atoms with van der Waals surface area (Å²) in [7, 11) is 0. The first-order valence-corrected chi connectivity index (χ1v) is 4.04. The van der Waals surface area contributed by atoms with Crippen LogP contribution in [0.1, 0.15) is 0 Å². The standard InChI is InChI=1S/C6H9Cl2NO2/c7-1-5(8)2-9-3-6(10)4-11-9/h1,6,10H,2-4H2/b5-1-/t6-/m1/s1. The number of halogens is 2. The normalized spacial score (nSPS) is 27.9. The molecule has 0 amide bonds. The summed E-state index contributed by atoms with van der Waals surface area (Å²) in [6.07, 6.45) is -0.408. The molecular weight excluding hydrogens is 189 g/mol. The highest BCUT2D eigenvalue weighted by atomic mass is 35.5. The fourth-order valence-corrected chi connectivity index (χ4v) is 1.05. The highest BCUT2D eigenvalue weighted by Crippen LogP contribution is 2.11. The lowest BCUT2D eigenvalue weighted by atomic mass is 10.4. The van der Waals surface area contributed by atoms with E-state index in [4.69, 9.17) is 33.1 Å². The van der Waals surface area contributed by atoms with Gasteiger partial charge < -0.3 is 5.11 Å². The molecule has 0 aromatic carbocycles. The molecule has 0 aliphatic carbocycles. The summed E-state index contributed by atoms with van der Waals surface area (Å²) in [5, 5.41) is 11.1. The van der Waals surface area contributed by atoms with Crippen molar-refractivity contribution in [1.29, 1.82) is 0 Å². The van der Waals surface area contributed by atoms with E-state index in [1.165, 1.54) is 5.54 Å². The second-order valence-electron chi connectivity index (χ2n) is 2.33. The zero-order valence-electron chi connectivity index (χ0n) is 5.83. The first-order chi connectivity index (χ1) is 5.22. The van der Waals surface area contributed by atoms with Gasteiger partial charge in [-0.15, -0.1) is 0 Å². The number of hydrogen-bond donors (Lipinski definition) is 1. The molecule has 0 spiro atoms. The van der Waals surface area contributed by atoms with E-state index in [-0.39, 0.29) is 0 Å². The van der Waals surface area contributed by atoms with Gasteiger partial charge >= 0.3 is 0 Å². The van der Waals surface area contributed by atoms with E-state index in [9.17, 15) is 0 Å². The van der Waals surface area contributed by atoms with Crippen LogP contribution in [-0.4, -0.2) is 36.0 Å². The van der Waals surface area contributed by atoms with Crippen molar-refractivity contribution >= 4 is 23.2 Å². The molecule has 1 fully saturated rings. The highest BCUT2D eigenvalue weighted by Gasteiger charge is 2.21. The predicted molar refractivity (Wildman–Crippen MR) is 43.3 cm³/mol. The number of β-amino-alcohol motifs (C(OH)–C–C–N with tert-alkyl or cyclic N) is 1. The third-order valence-corrected chi connectivity index (χ3v) is 1.91. The third-order valence-electron chi connectivity index (χ3n) is 1.31. The first kappa shape index (κ1) is 9.29. The number of rotatable bonds is 2. The third kappa shape index (κ3) is 2.97. The van der Waals surface area contributed by atoms with Crippen LogP contribution in [0.15, 0.2) is 10.6 Å². The molecule has 1 heterocycles. The second kappa shape index (κ2) is 4.28. The molecule has 1 aliphatic rings. The van der Waals surface area contributed by atoms with E-state index >= 15 is 0 Å². The highest BCUT2D eigenvalue weighted by molar-refractivity contribution is 6.36. The Morgan fingerprint density at radius 1 is 1.82 bits per heavy atom. The van der Waals surface area contributed by atoms with E-state index in [0.717, 1.165) is 0 Å². The fourth-order valence-electron chi connectivity index (χ4n) is 0.845. The maximum Gasteiger partial charge on any atom is 0.0958 e. The van der Waals surface area contributed by atoms with E-state index in [0.29, 0.717) is 24.7 Å². The van der Waals surface area contributed by atoms with Crippen LogP contribution in [0.5, 0.6) is 0 Å². The summed E-state index contributed by atoms with van der Waals surface area (Å²) >= 11 is 10.9. The average molecular weight is 198 g/mol. The maximum absolute atomic E-state index is 9.02. The van der Waals surface area contributed by atoms with Crippen LogP contribution < -0.4 is 0 Å². The van der Waals surface area contributed by atoms with Crippen molar-refractivity contribution < 1.29 is 9.94 Å². The van der Waals surface area contributed by atoms with Crippen LogP contribution in [0.4, 0.5) is 0 Å². The van der Waals surface area contributed by atoms with Crippen LogP contribution in [0.25, 0.3) is 0 Å². The van der Waals surface area contributed by atoms with Gasteiger partial charge in [-0.25, -0.2) is 0 Å². The summed E-state index contributed by atoms with van der Waals surface area (Å²) in [5.74, 6) is 0. The van der Waals surface area contributed by atoms with Crippen molar-refractivity contribution in [1.82, 2.24) is 5.06 Å². The Balaban J connectivity index is 2.28. The van der Waals surface area contributed by atoms with Gasteiger partial charge in [0, 0.05) is 10.6 Å². The van der Waals surface area contributed by atoms with E-state index < -0.39 is 6.10 Å². The number of aliphatic hydroxyl groups excluding tert-OH is 1.